The predicted octanol–water partition coefficient (Wildman–Crippen LogP) is 2.71. The van der Waals surface area contributed by atoms with Crippen molar-refractivity contribution in [3.63, 3.8) is 0 Å². The van der Waals surface area contributed by atoms with Gasteiger partial charge in [0.2, 0.25) is 0 Å². The molecule has 16 heavy (non-hydrogen) atoms. The third-order valence-electron chi connectivity index (χ3n) is 2.27. The van der Waals surface area contributed by atoms with Crippen LogP contribution >= 0.6 is 15.9 Å². The molecule has 1 aromatic heterocycles. The first-order valence-electron chi connectivity index (χ1n) is 4.51. The fourth-order valence-corrected chi connectivity index (χ4v) is 1.88. The Morgan fingerprint density at radius 3 is 3.00 bits per heavy atom. The molecule has 5 heteroatoms. The lowest BCUT2D eigenvalue weighted by Gasteiger charge is -1.92. The van der Waals surface area contributed by atoms with E-state index >= 15 is 0 Å². The van der Waals surface area contributed by atoms with Gasteiger partial charge in [-0.05, 0) is 25.1 Å². The molecule has 1 heterocycles. The van der Waals surface area contributed by atoms with Gasteiger partial charge in [0.05, 0.1) is 0 Å². The number of benzene rings is 1. The normalized spacial score (nSPS) is 10.1. The van der Waals surface area contributed by atoms with Crippen LogP contribution in [0.4, 0.5) is 0 Å². The van der Waals surface area contributed by atoms with Crippen LogP contribution in [0, 0.1) is 18.4 Å². The van der Waals surface area contributed by atoms with Gasteiger partial charge < -0.3 is 4.42 Å². The number of nitrogens with one attached hydrogen (secondary N) is 1. The smallest absolute Gasteiger partial charge is 0.300 e. The molecule has 1 aromatic carbocycles. The number of aryl methyl sites for hydroxylation is 1. The number of furan rings is 1. The van der Waals surface area contributed by atoms with E-state index in [1.165, 1.54) is 0 Å². The highest BCUT2D eigenvalue weighted by molar-refractivity contribution is 9.10. The fourth-order valence-electron chi connectivity index (χ4n) is 1.52. The molecule has 0 aliphatic carbocycles. The van der Waals surface area contributed by atoms with Crippen molar-refractivity contribution in [2.24, 2.45) is 0 Å². The van der Waals surface area contributed by atoms with Crippen molar-refractivity contribution >= 4 is 32.8 Å². The number of nitriles is 1. The summed E-state index contributed by atoms with van der Waals surface area (Å²) in [4.78, 5) is 11.5. The van der Waals surface area contributed by atoms with Gasteiger partial charge in [-0.3, -0.25) is 10.1 Å². The molecule has 0 aliphatic heterocycles. The van der Waals surface area contributed by atoms with Crippen LogP contribution < -0.4 is 5.32 Å². The van der Waals surface area contributed by atoms with Crippen molar-refractivity contribution in [3.8, 4) is 6.19 Å². The molecule has 1 N–H and O–H groups in total. The number of carbonyl (C=O) groups excluding carboxylic acids is 1. The molecule has 2 aromatic rings. The van der Waals surface area contributed by atoms with Crippen LogP contribution in [0.25, 0.3) is 11.0 Å². The lowest BCUT2D eigenvalue weighted by atomic mass is 10.1. The summed E-state index contributed by atoms with van der Waals surface area (Å²) in [5, 5.41) is 11.3. The average molecular weight is 279 g/mol. The Morgan fingerprint density at radius 2 is 2.31 bits per heavy atom. The Hall–Kier alpha value is -1.80. The summed E-state index contributed by atoms with van der Waals surface area (Å²) in [7, 11) is 0. The monoisotopic (exact) mass is 278 g/mol. The SMILES string of the molecule is Cc1c(C(=O)NC#N)oc2ccc(Br)cc12. The molecule has 2 rings (SSSR count). The van der Waals surface area contributed by atoms with Gasteiger partial charge in [0, 0.05) is 15.4 Å². The zero-order valence-corrected chi connectivity index (χ0v) is 9.96. The molecule has 0 saturated carbocycles. The molecule has 0 bridgehead atoms. The van der Waals surface area contributed by atoms with E-state index in [9.17, 15) is 4.79 Å². The van der Waals surface area contributed by atoms with Crippen molar-refractivity contribution in [2.45, 2.75) is 6.92 Å². The zero-order valence-electron chi connectivity index (χ0n) is 8.37. The highest BCUT2D eigenvalue weighted by Gasteiger charge is 2.17. The lowest BCUT2D eigenvalue weighted by Crippen LogP contribution is -2.17. The Bertz CT molecular complexity index is 610. The van der Waals surface area contributed by atoms with Crippen molar-refractivity contribution < 1.29 is 9.21 Å². The minimum Gasteiger partial charge on any atom is -0.451 e. The first-order valence-corrected chi connectivity index (χ1v) is 5.31. The third-order valence-corrected chi connectivity index (χ3v) is 2.77. The summed E-state index contributed by atoms with van der Waals surface area (Å²) in [5.41, 5.74) is 1.35. The van der Waals surface area contributed by atoms with Crippen LogP contribution in [0.15, 0.2) is 27.1 Å². The molecule has 4 nitrogen and oxygen atoms in total. The Morgan fingerprint density at radius 1 is 1.56 bits per heavy atom. The predicted molar refractivity (Wildman–Crippen MR) is 61.7 cm³/mol. The van der Waals surface area contributed by atoms with Gasteiger partial charge in [0.25, 0.3) is 5.91 Å². The van der Waals surface area contributed by atoms with Crippen molar-refractivity contribution in [3.05, 3.63) is 34.0 Å². The summed E-state index contributed by atoms with van der Waals surface area (Å²) in [6, 6.07) is 5.48. The van der Waals surface area contributed by atoms with Gasteiger partial charge >= 0.3 is 0 Å². The molecule has 1 amide bonds. The number of fused-ring (bicyclic) bond motifs is 1. The van der Waals surface area contributed by atoms with Gasteiger partial charge in [0.1, 0.15) is 5.58 Å². The maximum absolute atomic E-state index is 11.5. The van der Waals surface area contributed by atoms with Gasteiger partial charge in [0.15, 0.2) is 12.0 Å². The molecular weight excluding hydrogens is 272 g/mol. The van der Waals surface area contributed by atoms with E-state index in [1.54, 1.807) is 19.2 Å². The topological polar surface area (TPSA) is 66.0 Å². The number of halogens is 1. The zero-order chi connectivity index (χ0) is 11.7. The molecule has 0 spiro atoms. The summed E-state index contributed by atoms with van der Waals surface area (Å²) >= 11 is 3.35. The van der Waals surface area contributed by atoms with Gasteiger partial charge in [-0.1, -0.05) is 15.9 Å². The first kappa shape index (κ1) is 10.7. The van der Waals surface area contributed by atoms with Crippen molar-refractivity contribution in [2.75, 3.05) is 0 Å². The summed E-state index contributed by atoms with van der Waals surface area (Å²) in [6.07, 6.45) is 1.58. The number of hydrogen-bond donors (Lipinski definition) is 1. The second-order valence-electron chi connectivity index (χ2n) is 3.26. The van der Waals surface area contributed by atoms with E-state index in [2.05, 4.69) is 15.9 Å². The molecule has 0 saturated heterocycles. The van der Waals surface area contributed by atoms with Crippen LogP contribution in [0.1, 0.15) is 16.1 Å². The number of carbonyl (C=O) groups is 1. The Kier molecular flexibility index (Phi) is 2.67. The quantitative estimate of drug-likeness (QED) is 0.644. The minimum absolute atomic E-state index is 0.176. The van der Waals surface area contributed by atoms with Crippen molar-refractivity contribution in [1.82, 2.24) is 5.32 Å². The van der Waals surface area contributed by atoms with Gasteiger partial charge in [-0.2, -0.15) is 5.26 Å². The number of nitrogens with zero attached hydrogens (tertiary/aromatic N) is 1. The highest BCUT2D eigenvalue weighted by atomic mass is 79.9. The van der Waals surface area contributed by atoms with Crippen molar-refractivity contribution in [1.29, 1.82) is 5.26 Å². The maximum Gasteiger partial charge on any atom is 0.300 e. The van der Waals surface area contributed by atoms with Crippen LogP contribution in [-0.4, -0.2) is 5.91 Å². The average Bonchev–Trinajstić information content (AvgIpc) is 2.57. The molecule has 80 valence electrons. The molecule has 0 unspecified atom stereocenters. The number of amides is 1. The Balaban J connectivity index is 2.61. The summed E-state index contributed by atoms with van der Waals surface area (Å²) < 4.78 is 6.30. The third kappa shape index (κ3) is 1.68. The van der Waals surface area contributed by atoms with Crippen LogP contribution in [0.5, 0.6) is 0 Å². The fraction of sp³-hybridized carbons (Fsp3) is 0.0909. The molecule has 0 fully saturated rings. The first-order chi connectivity index (χ1) is 7.63. The van der Waals surface area contributed by atoms with Gasteiger partial charge in [-0.15, -0.1) is 0 Å². The van der Waals surface area contributed by atoms with E-state index in [-0.39, 0.29) is 5.76 Å². The van der Waals surface area contributed by atoms with Crippen LogP contribution in [0.3, 0.4) is 0 Å². The second-order valence-corrected chi connectivity index (χ2v) is 4.18. The van der Waals surface area contributed by atoms with E-state index in [0.29, 0.717) is 5.58 Å². The van der Waals surface area contributed by atoms with E-state index in [4.69, 9.17) is 9.68 Å². The molecular formula is C11H7BrN2O2. The van der Waals surface area contributed by atoms with Crippen LogP contribution in [0.2, 0.25) is 0 Å². The van der Waals surface area contributed by atoms with E-state index in [1.807, 2.05) is 17.4 Å². The largest absolute Gasteiger partial charge is 0.451 e. The molecule has 0 aliphatic rings. The summed E-state index contributed by atoms with van der Waals surface area (Å²) in [5.74, 6) is -0.345. The second kappa shape index (κ2) is 3.99. The van der Waals surface area contributed by atoms with E-state index in [0.717, 1.165) is 15.4 Å². The van der Waals surface area contributed by atoms with Gasteiger partial charge in [-0.25, -0.2) is 0 Å². The molecule has 0 radical (unpaired) electrons. The standard InChI is InChI=1S/C11H7BrN2O2/c1-6-8-4-7(12)2-3-9(8)16-10(6)11(15)14-5-13/h2-4H,1H3,(H,14,15). The molecule has 0 atom stereocenters. The highest BCUT2D eigenvalue weighted by Crippen LogP contribution is 2.27. The van der Waals surface area contributed by atoms with E-state index < -0.39 is 5.91 Å². The number of hydrogen-bond acceptors (Lipinski definition) is 3. The lowest BCUT2D eigenvalue weighted by molar-refractivity contribution is 0.0947. The number of rotatable bonds is 1. The Labute approximate surface area is 100.0 Å². The summed E-state index contributed by atoms with van der Waals surface area (Å²) in [6.45, 7) is 1.78. The maximum atomic E-state index is 11.5. The van der Waals surface area contributed by atoms with Crippen LogP contribution in [-0.2, 0) is 0 Å². The minimum atomic E-state index is -0.521.